The van der Waals surface area contributed by atoms with Gasteiger partial charge in [-0.15, -0.1) is 0 Å². The van der Waals surface area contributed by atoms with Gasteiger partial charge in [-0.2, -0.15) is 5.10 Å². The molecule has 0 radical (unpaired) electrons. The minimum absolute atomic E-state index is 0.161. The number of aliphatic hydroxyl groups excluding tert-OH is 1. The quantitative estimate of drug-likeness (QED) is 0.795. The van der Waals surface area contributed by atoms with E-state index in [2.05, 4.69) is 17.2 Å². The van der Waals surface area contributed by atoms with Gasteiger partial charge in [-0.3, -0.25) is 4.68 Å². The van der Waals surface area contributed by atoms with Crippen molar-refractivity contribution in [1.82, 2.24) is 9.78 Å². The molecule has 1 saturated carbocycles. The summed E-state index contributed by atoms with van der Waals surface area (Å²) in [6.45, 7) is 0. The molecular weight excluding hydrogens is 200 g/mol. The van der Waals surface area contributed by atoms with Crippen molar-refractivity contribution in [2.75, 3.05) is 0 Å². The molecule has 1 aliphatic carbocycles. The van der Waals surface area contributed by atoms with E-state index in [0.29, 0.717) is 0 Å². The van der Waals surface area contributed by atoms with Gasteiger partial charge in [-0.1, -0.05) is 31.0 Å². The van der Waals surface area contributed by atoms with E-state index in [0.717, 1.165) is 30.2 Å². The second-order valence-electron chi connectivity index (χ2n) is 4.57. The first-order valence-corrected chi connectivity index (χ1v) is 5.96. The summed E-state index contributed by atoms with van der Waals surface area (Å²) in [7, 11) is 0. The van der Waals surface area contributed by atoms with E-state index in [1.165, 1.54) is 6.42 Å². The molecule has 2 aromatic rings. The largest absolute Gasteiger partial charge is 0.391 e. The van der Waals surface area contributed by atoms with Crippen LogP contribution in [0.1, 0.15) is 31.7 Å². The number of para-hydroxylation sites is 1. The summed E-state index contributed by atoms with van der Waals surface area (Å²) in [5.74, 6) is 0. The molecule has 1 heterocycles. The molecule has 1 aliphatic rings. The summed E-state index contributed by atoms with van der Waals surface area (Å²) in [4.78, 5) is 0. The summed E-state index contributed by atoms with van der Waals surface area (Å²) in [6.07, 6.45) is 5.91. The van der Waals surface area contributed by atoms with Gasteiger partial charge >= 0.3 is 0 Å². The molecule has 1 aromatic heterocycles. The van der Waals surface area contributed by atoms with Gasteiger partial charge in [0.15, 0.2) is 0 Å². The fraction of sp³-hybridized carbons (Fsp3) is 0.462. The summed E-state index contributed by atoms with van der Waals surface area (Å²) in [6, 6.07) is 8.34. The van der Waals surface area contributed by atoms with Crippen LogP contribution in [0.3, 0.4) is 0 Å². The van der Waals surface area contributed by atoms with Crippen LogP contribution < -0.4 is 0 Å². The van der Waals surface area contributed by atoms with Gasteiger partial charge in [0.1, 0.15) is 0 Å². The first kappa shape index (κ1) is 9.85. The van der Waals surface area contributed by atoms with Crippen molar-refractivity contribution in [3.63, 3.8) is 0 Å². The van der Waals surface area contributed by atoms with Gasteiger partial charge in [0.2, 0.25) is 0 Å². The van der Waals surface area contributed by atoms with Crippen molar-refractivity contribution in [3.05, 3.63) is 30.5 Å². The van der Waals surface area contributed by atoms with Gasteiger partial charge in [0, 0.05) is 5.39 Å². The number of benzene rings is 1. The molecule has 84 valence electrons. The molecule has 16 heavy (non-hydrogen) atoms. The van der Waals surface area contributed by atoms with Crippen molar-refractivity contribution in [1.29, 1.82) is 0 Å². The predicted molar refractivity (Wildman–Crippen MR) is 63.2 cm³/mol. The molecule has 0 bridgehead atoms. The zero-order valence-corrected chi connectivity index (χ0v) is 9.21. The lowest BCUT2D eigenvalue weighted by Crippen LogP contribution is -2.28. The van der Waals surface area contributed by atoms with E-state index >= 15 is 0 Å². The van der Waals surface area contributed by atoms with Crippen LogP contribution >= 0.6 is 0 Å². The monoisotopic (exact) mass is 216 g/mol. The van der Waals surface area contributed by atoms with Crippen LogP contribution in [-0.4, -0.2) is 21.0 Å². The second kappa shape index (κ2) is 3.91. The zero-order chi connectivity index (χ0) is 11.0. The molecule has 0 spiro atoms. The lowest BCUT2D eigenvalue weighted by atomic mass is 9.92. The third-order valence-corrected chi connectivity index (χ3v) is 3.51. The Hall–Kier alpha value is -1.35. The van der Waals surface area contributed by atoms with Gasteiger partial charge in [0.25, 0.3) is 0 Å². The van der Waals surface area contributed by atoms with Crippen LogP contribution in [0.4, 0.5) is 0 Å². The Bertz CT molecular complexity index is 491. The van der Waals surface area contributed by atoms with E-state index in [1.54, 1.807) is 0 Å². The van der Waals surface area contributed by atoms with Crippen LogP contribution in [0.5, 0.6) is 0 Å². The molecule has 0 aliphatic heterocycles. The summed E-state index contributed by atoms with van der Waals surface area (Å²) in [5, 5.41) is 15.6. The highest BCUT2D eigenvalue weighted by atomic mass is 16.3. The number of aliphatic hydroxyl groups is 1. The first-order valence-electron chi connectivity index (χ1n) is 5.96. The lowest BCUT2D eigenvalue weighted by Gasteiger charge is -2.28. The number of hydrogen-bond acceptors (Lipinski definition) is 2. The highest BCUT2D eigenvalue weighted by molar-refractivity contribution is 5.78. The first-order chi connectivity index (χ1) is 7.86. The normalized spacial score (nSPS) is 26.1. The fourth-order valence-corrected chi connectivity index (χ4v) is 2.63. The van der Waals surface area contributed by atoms with E-state index in [-0.39, 0.29) is 12.1 Å². The molecule has 0 saturated heterocycles. The number of nitrogens with zero attached hydrogens (tertiary/aromatic N) is 2. The van der Waals surface area contributed by atoms with Crippen molar-refractivity contribution in [2.24, 2.45) is 0 Å². The molecule has 1 N–H and O–H groups in total. The summed E-state index contributed by atoms with van der Waals surface area (Å²) >= 11 is 0. The fourth-order valence-electron chi connectivity index (χ4n) is 2.63. The van der Waals surface area contributed by atoms with Crippen molar-refractivity contribution >= 4 is 10.9 Å². The molecule has 3 rings (SSSR count). The summed E-state index contributed by atoms with van der Waals surface area (Å²) < 4.78 is 2.00. The van der Waals surface area contributed by atoms with Gasteiger partial charge < -0.3 is 5.11 Å². The number of fused-ring (bicyclic) bond motifs is 1. The van der Waals surface area contributed by atoms with E-state index < -0.39 is 0 Å². The highest BCUT2D eigenvalue weighted by Gasteiger charge is 2.26. The van der Waals surface area contributed by atoms with Crippen molar-refractivity contribution in [3.8, 4) is 0 Å². The molecule has 3 heteroatoms. The van der Waals surface area contributed by atoms with E-state index in [9.17, 15) is 5.11 Å². The zero-order valence-electron chi connectivity index (χ0n) is 9.21. The van der Waals surface area contributed by atoms with Crippen molar-refractivity contribution in [2.45, 2.75) is 37.8 Å². The van der Waals surface area contributed by atoms with Gasteiger partial charge in [0.05, 0.1) is 23.9 Å². The number of hydrogen-bond donors (Lipinski definition) is 1. The van der Waals surface area contributed by atoms with Crippen LogP contribution in [0, 0.1) is 0 Å². The SMILES string of the molecule is O[C@@H]1CCCC[C@H]1n1ncc2ccccc21. The maximum Gasteiger partial charge on any atom is 0.0785 e. The topological polar surface area (TPSA) is 38.0 Å². The Morgan fingerprint density at radius 2 is 2.00 bits per heavy atom. The number of rotatable bonds is 1. The molecule has 2 atom stereocenters. The van der Waals surface area contributed by atoms with Crippen LogP contribution in [0.15, 0.2) is 30.5 Å². The summed E-state index contributed by atoms with van der Waals surface area (Å²) in [5.41, 5.74) is 1.13. The lowest BCUT2D eigenvalue weighted by molar-refractivity contribution is 0.0716. The van der Waals surface area contributed by atoms with Crippen LogP contribution in [0.2, 0.25) is 0 Å². The predicted octanol–water partition coefficient (Wildman–Crippen LogP) is 2.51. The van der Waals surface area contributed by atoms with Crippen LogP contribution in [0.25, 0.3) is 10.9 Å². The Labute approximate surface area is 94.7 Å². The van der Waals surface area contributed by atoms with Gasteiger partial charge in [-0.05, 0) is 18.9 Å². The maximum absolute atomic E-state index is 10.0. The minimum atomic E-state index is -0.239. The highest BCUT2D eigenvalue weighted by Crippen LogP contribution is 2.30. The standard InChI is InChI=1S/C13H16N2O/c16-13-8-4-3-7-12(13)15-11-6-2-1-5-10(11)9-14-15/h1-2,5-6,9,12-13,16H,3-4,7-8H2/t12-,13-/m1/s1. The average molecular weight is 216 g/mol. The maximum atomic E-state index is 10.0. The van der Waals surface area contributed by atoms with E-state index in [1.807, 2.05) is 23.0 Å². The minimum Gasteiger partial charge on any atom is -0.391 e. The van der Waals surface area contributed by atoms with Gasteiger partial charge in [-0.25, -0.2) is 0 Å². The average Bonchev–Trinajstić information content (AvgIpc) is 2.74. The molecular formula is C13H16N2O. The Balaban J connectivity index is 2.04. The second-order valence-corrected chi connectivity index (χ2v) is 4.57. The van der Waals surface area contributed by atoms with E-state index in [4.69, 9.17) is 0 Å². The molecule has 3 nitrogen and oxygen atoms in total. The smallest absolute Gasteiger partial charge is 0.0785 e. The molecule has 0 unspecified atom stereocenters. The molecule has 1 fully saturated rings. The Morgan fingerprint density at radius 3 is 2.88 bits per heavy atom. The molecule has 0 amide bonds. The molecule has 1 aromatic carbocycles. The Kier molecular flexibility index (Phi) is 2.40. The Morgan fingerprint density at radius 1 is 1.19 bits per heavy atom. The number of aromatic nitrogens is 2. The van der Waals surface area contributed by atoms with Crippen molar-refractivity contribution < 1.29 is 5.11 Å². The third kappa shape index (κ3) is 1.52. The third-order valence-electron chi connectivity index (χ3n) is 3.51. The van der Waals surface area contributed by atoms with Crippen LogP contribution in [-0.2, 0) is 0 Å².